The highest BCUT2D eigenvalue weighted by molar-refractivity contribution is 7.85. The first-order chi connectivity index (χ1) is 7.85. The van der Waals surface area contributed by atoms with Crippen LogP contribution in [0.4, 0.5) is 0 Å². The number of hydrogen-bond donors (Lipinski definition) is 2. The van der Waals surface area contributed by atoms with E-state index in [4.69, 9.17) is 9.29 Å². The number of hydrogen-bond acceptors (Lipinski definition) is 5. The Balaban J connectivity index is 3.68. The lowest BCUT2D eigenvalue weighted by atomic mass is 10.3. The van der Waals surface area contributed by atoms with Gasteiger partial charge in [-0.2, -0.15) is 8.42 Å². The van der Waals surface area contributed by atoms with Crippen molar-refractivity contribution in [3.8, 4) is 0 Å². The van der Waals surface area contributed by atoms with Crippen LogP contribution in [0.2, 0.25) is 0 Å². The van der Waals surface area contributed by atoms with Gasteiger partial charge < -0.3 is 14.7 Å². The summed E-state index contributed by atoms with van der Waals surface area (Å²) in [6.45, 7) is 2.99. The molecule has 6 nitrogen and oxygen atoms in total. The van der Waals surface area contributed by atoms with Gasteiger partial charge in [0.25, 0.3) is 10.1 Å². The van der Waals surface area contributed by atoms with E-state index in [0.717, 1.165) is 0 Å². The lowest BCUT2D eigenvalue weighted by molar-refractivity contribution is 0.0318. The van der Waals surface area contributed by atoms with Crippen LogP contribution in [0, 0.1) is 0 Å². The molecule has 1 atom stereocenters. The Morgan fingerprint density at radius 1 is 1.47 bits per heavy atom. The van der Waals surface area contributed by atoms with Gasteiger partial charge in [0.1, 0.15) is 0 Å². The molecule has 0 saturated carbocycles. The van der Waals surface area contributed by atoms with Crippen molar-refractivity contribution in [2.24, 2.45) is 0 Å². The summed E-state index contributed by atoms with van der Waals surface area (Å²) in [6.07, 6.45) is 3.01. The maximum atomic E-state index is 10.5. The molecule has 0 aliphatic heterocycles. The molecule has 0 aliphatic rings. The third-order valence-electron chi connectivity index (χ3n) is 2.01. The smallest absolute Gasteiger partial charge is 0.266 e. The van der Waals surface area contributed by atoms with Gasteiger partial charge in [-0.15, -0.1) is 0 Å². The van der Waals surface area contributed by atoms with Crippen LogP contribution in [0.1, 0.15) is 6.92 Å². The Kier molecular flexibility index (Phi) is 8.36. The highest BCUT2D eigenvalue weighted by Gasteiger charge is 2.11. The SMILES string of the molecule is C/C=C/COCC(O)CN(C)CCS(=O)(=O)O. The third-order valence-corrected chi connectivity index (χ3v) is 2.71. The Morgan fingerprint density at radius 3 is 2.65 bits per heavy atom. The summed E-state index contributed by atoms with van der Waals surface area (Å²) < 4.78 is 34.7. The van der Waals surface area contributed by atoms with E-state index in [2.05, 4.69) is 0 Å². The van der Waals surface area contributed by atoms with Gasteiger partial charge in [-0.1, -0.05) is 12.2 Å². The average molecular weight is 267 g/mol. The summed E-state index contributed by atoms with van der Waals surface area (Å²) in [7, 11) is -2.28. The molecule has 0 spiro atoms. The van der Waals surface area contributed by atoms with Crippen molar-refractivity contribution in [2.45, 2.75) is 13.0 Å². The number of nitrogens with zero attached hydrogens (tertiary/aromatic N) is 1. The minimum absolute atomic E-state index is 0.171. The molecule has 0 amide bonds. The maximum Gasteiger partial charge on any atom is 0.266 e. The van der Waals surface area contributed by atoms with Gasteiger partial charge in [0.2, 0.25) is 0 Å². The van der Waals surface area contributed by atoms with Gasteiger partial charge in [0.05, 0.1) is 25.1 Å². The molecule has 0 aliphatic carbocycles. The van der Waals surface area contributed by atoms with Gasteiger partial charge in [-0.3, -0.25) is 4.55 Å². The number of likely N-dealkylation sites (N-methyl/N-ethyl adjacent to an activating group) is 1. The predicted molar refractivity (Wildman–Crippen MR) is 65.6 cm³/mol. The first-order valence-corrected chi connectivity index (χ1v) is 6.96. The fourth-order valence-corrected chi connectivity index (χ4v) is 1.69. The van der Waals surface area contributed by atoms with Gasteiger partial charge in [0.15, 0.2) is 0 Å². The van der Waals surface area contributed by atoms with Crippen molar-refractivity contribution in [3.63, 3.8) is 0 Å². The van der Waals surface area contributed by atoms with Crippen LogP contribution in [0.25, 0.3) is 0 Å². The summed E-state index contributed by atoms with van der Waals surface area (Å²) in [5.41, 5.74) is 0. The molecule has 0 bridgehead atoms. The van der Waals surface area contributed by atoms with E-state index in [9.17, 15) is 13.5 Å². The molecule has 7 heteroatoms. The van der Waals surface area contributed by atoms with E-state index in [-0.39, 0.29) is 18.9 Å². The summed E-state index contributed by atoms with van der Waals surface area (Å²) in [6, 6.07) is 0. The van der Waals surface area contributed by atoms with Crippen LogP contribution in [-0.4, -0.2) is 68.2 Å². The highest BCUT2D eigenvalue weighted by atomic mass is 32.2. The topological polar surface area (TPSA) is 87.1 Å². The molecule has 1 unspecified atom stereocenters. The van der Waals surface area contributed by atoms with Crippen LogP contribution in [0.3, 0.4) is 0 Å². The standard InChI is InChI=1S/C10H21NO5S/c1-3-4-6-16-9-10(12)8-11(2)5-7-17(13,14)15/h3-4,10,12H,5-9H2,1-2H3,(H,13,14,15)/b4-3+. The molecule has 0 aromatic carbocycles. The maximum absolute atomic E-state index is 10.5. The molecule has 0 aromatic rings. The fraction of sp³-hybridized carbons (Fsp3) is 0.800. The van der Waals surface area contributed by atoms with Crippen LogP contribution in [0.5, 0.6) is 0 Å². The molecule has 102 valence electrons. The number of rotatable bonds is 9. The molecule has 0 heterocycles. The summed E-state index contributed by atoms with van der Waals surface area (Å²) in [5.74, 6) is -0.338. The second kappa shape index (κ2) is 8.60. The van der Waals surface area contributed by atoms with E-state index < -0.39 is 16.2 Å². The average Bonchev–Trinajstić information content (AvgIpc) is 2.21. The number of ether oxygens (including phenoxy) is 1. The monoisotopic (exact) mass is 267 g/mol. The first-order valence-electron chi connectivity index (χ1n) is 5.36. The fourth-order valence-electron chi connectivity index (χ4n) is 1.14. The molecule has 0 saturated heterocycles. The predicted octanol–water partition coefficient (Wildman–Crippen LogP) is -0.240. The molecular weight excluding hydrogens is 246 g/mol. The molecule has 17 heavy (non-hydrogen) atoms. The van der Waals surface area contributed by atoms with E-state index in [1.807, 2.05) is 19.1 Å². The molecule has 0 radical (unpaired) electrons. The van der Waals surface area contributed by atoms with Crippen LogP contribution in [0.15, 0.2) is 12.2 Å². The van der Waals surface area contributed by atoms with Crippen molar-refractivity contribution in [3.05, 3.63) is 12.2 Å². The second-order valence-electron chi connectivity index (χ2n) is 3.81. The zero-order chi connectivity index (χ0) is 13.3. The minimum Gasteiger partial charge on any atom is -0.389 e. The number of aliphatic hydroxyl groups excluding tert-OH is 1. The van der Waals surface area contributed by atoms with Gasteiger partial charge in [0, 0.05) is 13.1 Å². The van der Waals surface area contributed by atoms with Gasteiger partial charge in [-0.25, -0.2) is 0 Å². The Hall–Kier alpha value is -0.470. The van der Waals surface area contributed by atoms with Crippen molar-refractivity contribution in [1.29, 1.82) is 0 Å². The van der Waals surface area contributed by atoms with Crippen LogP contribution < -0.4 is 0 Å². The summed E-state index contributed by atoms with van der Waals surface area (Å²) in [5, 5.41) is 9.55. The quantitative estimate of drug-likeness (QED) is 0.340. The van der Waals surface area contributed by atoms with E-state index in [0.29, 0.717) is 13.2 Å². The summed E-state index contributed by atoms with van der Waals surface area (Å²) in [4.78, 5) is 1.62. The molecule has 0 fully saturated rings. The Labute approximate surface area is 103 Å². The molecular formula is C10H21NO5S. The molecule has 0 aromatic heterocycles. The Morgan fingerprint density at radius 2 is 2.12 bits per heavy atom. The lowest BCUT2D eigenvalue weighted by Gasteiger charge is -2.19. The zero-order valence-electron chi connectivity index (χ0n) is 10.2. The van der Waals surface area contributed by atoms with Crippen molar-refractivity contribution in [1.82, 2.24) is 4.90 Å². The van der Waals surface area contributed by atoms with Gasteiger partial charge >= 0.3 is 0 Å². The van der Waals surface area contributed by atoms with E-state index in [1.54, 1.807) is 11.9 Å². The lowest BCUT2D eigenvalue weighted by Crippen LogP contribution is -2.35. The number of aliphatic hydroxyl groups is 1. The zero-order valence-corrected chi connectivity index (χ0v) is 11.1. The molecule has 2 N–H and O–H groups in total. The van der Waals surface area contributed by atoms with Crippen LogP contribution in [-0.2, 0) is 14.9 Å². The van der Waals surface area contributed by atoms with Gasteiger partial charge in [-0.05, 0) is 14.0 Å². The first kappa shape index (κ1) is 16.5. The van der Waals surface area contributed by atoms with Crippen molar-refractivity contribution < 1.29 is 22.8 Å². The number of allylic oxidation sites excluding steroid dienone is 1. The van der Waals surface area contributed by atoms with E-state index in [1.165, 1.54) is 0 Å². The minimum atomic E-state index is -3.94. The normalized spacial score (nSPS) is 14.6. The largest absolute Gasteiger partial charge is 0.389 e. The Bertz CT molecular complexity index is 315. The summed E-state index contributed by atoms with van der Waals surface area (Å²) >= 11 is 0. The second-order valence-corrected chi connectivity index (χ2v) is 5.38. The van der Waals surface area contributed by atoms with E-state index >= 15 is 0 Å². The highest BCUT2D eigenvalue weighted by Crippen LogP contribution is 1.93. The van der Waals surface area contributed by atoms with Crippen molar-refractivity contribution in [2.75, 3.05) is 39.1 Å². The van der Waals surface area contributed by atoms with Crippen LogP contribution >= 0.6 is 0 Å². The third kappa shape index (κ3) is 11.8. The molecule has 0 rings (SSSR count). The van der Waals surface area contributed by atoms with Crippen molar-refractivity contribution >= 4 is 10.1 Å².